The molecule has 0 bridgehead atoms. The Labute approximate surface area is 188 Å². The minimum absolute atomic E-state index is 0.0442. The van der Waals surface area contributed by atoms with Crippen LogP contribution in [-0.4, -0.2) is 71.4 Å². The highest BCUT2D eigenvalue weighted by Crippen LogP contribution is 2.44. The van der Waals surface area contributed by atoms with Crippen molar-refractivity contribution in [3.63, 3.8) is 0 Å². The van der Waals surface area contributed by atoms with Crippen molar-refractivity contribution in [3.8, 4) is 0 Å². The summed E-state index contributed by atoms with van der Waals surface area (Å²) in [5.41, 5.74) is -0.541. The lowest BCUT2D eigenvalue weighted by atomic mass is 9.81. The van der Waals surface area contributed by atoms with Crippen LogP contribution in [-0.2, 0) is 25.7 Å². The Morgan fingerprint density at radius 3 is 2.44 bits per heavy atom. The van der Waals surface area contributed by atoms with Crippen LogP contribution in [0.1, 0.15) is 33.3 Å². The molecule has 0 aromatic heterocycles. The Morgan fingerprint density at radius 1 is 1.22 bits per heavy atom. The van der Waals surface area contributed by atoms with E-state index < -0.39 is 35.3 Å². The van der Waals surface area contributed by atoms with Gasteiger partial charge in [0.05, 0.1) is 25.5 Å². The van der Waals surface area contributed by atoms with Gasteiger partial charge in [0.2, 0.25) is 11.8 Å². The molecule has 0 radical (unpaired) electrons. The van der Waals surface area contributed by atoms with E-state index in [1.807, 2.05) is 51.1 Å². The predicted octanol–water partition coefficient (Wildman–Crippen LogP) is 1.13. The third-order valence-corrected chi connectivity index (χ3v) is 6.27. The van der Waals surface area contributed by atoms with E-state index in [1.165, 1.54) is 12.0 Å². The Hall–Kier alpha value is -2.94. The van der Waals surface area contributed by atoms with Crippen molar-refractivity contribution in [2.24, 2.45) is 11.8 Å². The maximum absolute atomic E-state index is 13.4. The molecule has 2 N–H and O–H groups in total. The van der Waals surface area contributed by atoms with E-state index in [9.17, 15) is 19.2 Å². The largest absolute Gasteiger partial charge is 0.468 e. The second-order valence-corrected chi connectivity index (χ2v) is 8.84. The summed E-state index contributed by atoms with van der Waals surface area (Å²) in [7, 11) is 1.26. The van der Waals surface area contributed by atoms with Crippen LogP contribution in [0, 0.1) is 11.8 Å². The van der Waals surface area contributed by atoms with Gasteiger partial charge < -0.3 is 15.0 Å². The molecule has 2 heterocycles. The summed E-state index contributed by atoms with van der Waals surface area (Å²) in [5, 5.41) is 6.02. The lowest BCUT2D eigenvalue weighted by Crippen LogP contribution is -2.57. The SMILES string of the molecule is CCN(C[C@H]1N[C@@](C)(C(=O)OC)[C@H]2C(=O)N(Cc3ccccc3)C(=O)[C@@H]12)C(=O)NC(C)C. The van der Waals surface area contributed by atoms with Gasteiger partial charge in [0.25, 0.3) is 0 Å². The first-order chi connectivity index (χ1) is 15.1. The normalized spacial score (nSPS) is 26.9. The standard InChI is InChI=1S/C23H32N4O5/c1-6-26(22(31)24-14(2)3)13-16-17-18(23(4,25-16)21(30)32-5)20(29)27(19(17)28)12-15-10-8-7-9-11-15/h7-11,14,16-18,25H,6,12-13H2,1-5H3,(H,24,31)/t16-,17+,18-,23-/m1/s1. The second-order valence-electron chi connectivity index (χ2n) is 8.84. The van der Waals surface area contributed by atoms with Crippen LogP contribution >= 0.6 is 0 Å². The van der Waals surface area contributed by atoms with Gasteiger partial charge in [-0.3, -0.25) is 24.6 Å². The molecule has 3 rings (SSSR count). The van der Waals surface area contributed by atoms with E-state index in [0.29, 0.717) is 6.54 Å². The molecule has 174 valence electrons. The molecule has 0 spiro atoms. The van der Waals surface area contributed by atoms with Gasteiger partial charge in [-0.1, -0.05) is 30.3 Å². The molecule has 9 heteroatoms. The highest BCUT2D eigenvalue weighted by atomic mass is 16.5. The first kappa shape index (κ1) is 23.7. The number of likely N-dealkylation sites (tertiary alicyclic amines) is 1. The molecule has 0 saturated carbocycles. The summed E-state index contributed by atoms with van der Waals surface area (Å²) in [6.07, 6.45) is 0. The van der Waals surface area contributed by atoms with Crippen molar-refractivity contribution in [1.29, 1.82) is 0 Å². The second kappa shape index (κ2) is 9.28. The van der Waals surface area contributed by atoms with E-state index in [4.69, 9.17) is 4.74 Å². The predicted molar refractivity (Wildman–Crippen MR) is 117 cm³/mol. The van der Waals surface area contributed by atoms with Gasteiger partial charge >= 0.3 is 12.0 Å². The monoisotopic (exact) mass is 444 g/mol. The Balaban J connectivity index is 1.91. The molecular formula is C23H32N4O5. The van der Waals surface area contributed by atoms with Crippen molar-refractivity contribution in [1.82, 2.24) is 20.4 Å². The Bertz CT molecular complexity index is 890. The number of hydrogen-bond acceptors (Lipinski definition) is 6. The topological polar surface area (TPSA) is 108 Å². The fraction of sp³-hybridized carbons (Fsp3) is 0.565. The molecule has 4 atom stereocenters. The van der Waals surface area contributed by atoms with Crippen molar-refractivity contribution < 1.29 is 23.9 Å². The highest BCUT2D eigenvalue weighted by molar-refractivity contribution is 6.09. The lowest BCUT2D eigenvalue weighted by Gasteiger charge is -2.31. The number of likely N-dealkylation sites (N-methyl/N-ethyl adjacent to an activating group) is 1. The van der Waals surface area contributed by atoms with Gasteiger partial charge in [0.1, 0.15) is 5.54 Å². The average Bonchev–Trinajstić information content (AvgIpc) is 3.20. The number of benzene rings is 1. The van der Waals surface area contributed by atoms with E-state index >= 15 is 0 Å². The van der Waals surface area contributed by atoms with E-state index in [2.05, 4.69) is 10.6 Å². The third-order valence-electron chi connectivity index (χ3n) is 6.27. The zero-order valence-electron chi connectivity index (χ0n) is 19.3. The fourth-order valence-corrected chi connectivity index (χ4v) is 4.74. The number of urea groups is 1. The average molecular weight is 445 g/mol. The number of carbonyl (C=O) groups is 4. The molecular weight excluding hydrogens is 412 g/mol. The summed E-state index contributed by atoms with van der Waals surface area (Å²) >= 11 is 0. The number of methoxy groups -OCH3 is 1. The molecule has 4 amide bonds. The fourth-order valence-electron chi connectivity index (χ4n) is 4.74. The zero-order chi connectivity index (χ0) is 23.6. The molecule has 32 heavy (non-hydrogen) atoms. The van der Waals surface area contributed by atoms with Crippen LogP contribution in [0.2, 0.25) is 0 Å². The molecule has 0 unspecified atom stereocenters. The summed E-state index contributed by atoms with van der Waals surface area (Å²) in [6.45, 7) is 7.91. The molecule has 1 aromatic rings. The number of esters is 1. The zero-order valence-corrected chi connectivity index (χ0v) is 19.3. The van der Waals surface area contributed by atoms with Gasteiger partial charge in [-0.15, -0.1) is 0 Å². The number of fused-ring (bicyclic) bond motifs is 1. The van der Waals surface area contributed by atoms with E-state index in [0.717, 1.165) is 5.56 Å². The third kappa shape index (κ3) is 4.21. The molecule has 2 aliphatic rings. The molecule has 2 aliphatic heterocycles. The number of rotatable bonds is 7. The Kier molecular flexibility index (Phi) is 6.88. The smallest absolute Gasteiger partial charge is 0.326 e. The van der Waals surface area contributed by atoms with Crippen molar-refractivity contribution >= 4 is 23.8 Å². The van der Waals surface area contributed by atoms with Crippen LogP contribution in [0.5, 0.6) is 0 Å². The summed E-state index contributed by atoms with van der Waals surface area (Å²) < 4.78 is 4.99. The number of nitrogens with one attached hydrogen (secondary N) is 2. The van der Waals surface area contributed by atoms with Gasteiger partial charge in [-0.2, -0.15) is 0 Å². The number of imide groups is 1. The summed E-state index contributed by atoms with van der Waals surface area (Å²) in [5.74, 6) is -3.01. The number of carbonyl (C=O) groups excluding carboxylic acids is 4. The maximum atomic E-state index is 13.4. The van der Waals surface area contributed by atoms with Crippen LogP contribution in [0.3, 0.4) is 0 Å². The minimum atomic E-state index is -1.36. The molecule has 2 fully saturated rings. The maximum Gasteiger partial charge on any atom is 0.326 e. The van der Waals surface area contributed by atoms with Gasteiger partial charge in [-0.05, 0) is 33.3 Å². The van der Waals surface area contributed by atoms with Crippen molar-refractivity contribution in [3.05, 3.63) is 35.9 Å². The van der Waals surface area contributed by atoms with Crippen molar-refractivity contribution in [2.75, 3.05) is 20.2 Å². The first-order valence-corrected chi connectivity index (χ1v) is 10.9. The molecule has 1 aromatic carbocycles. The minimum Gasteiger partial charge on any atom is -0.468 e. The van der Waals surface area contributed by atoms with Crippen molar-refractivity contribution in [2.45, 2.75) is 51.9 Å². The van der Waals surface area contributed by atoms with Gasteiger partial charge in [-0.25, -0.2) is 4.79 Å². The van der Waals surface area contributed by atoms with E-state index in [-0.39, 0.29) is 31.1 Å². The van der Waals surface area contributed by atoms with Crippen LogP contribution < -0.4 is 10.6 Å². The quantitative estimate of drug-likeness (QED) is 0.482. The van der Waals surface area contributed by atoms with Crippen LogP contribution in [0.15, 0.2) is 30.3 Å². The van der Waals surface area contributed by atoms with Gasteiger partial charge in [0.15, 0.2) is 0 Å². The Morgan fingerprint density at radius 2 is 1.88 bits per heavy atom. The van der Waals surface area contributed by atoms with Crippen LogP contribution in [0.4, 0.5) is 4.79 Å². The lowest BCUT2D eigenvalue weighted by molar-refractivity contribution is -0.153. The first-order valence-electron chi connectivity index (χ1n) is 10.9. The number of nitrogens with zero attached hydrogens (tertiary/aromatic N) is 2. The number of amides is 4. The van der Waals surface area contributed by atoms with Gasteiger partial charge in [0, 0.05) is 25.2 Å². The molecule has 9 nitrogen and oxygen atoms in total. The number of ether oxygens (including phenoxy) is 1. The highest BCUT2D eigenvalue weighted by Gasteiger charge is 2.66. The van der Waals surface area contributed by atoms with Crippen LogP contribution in [0.25, 0.3) is 0 Å². The summed E-state index contributed by atoms with van der Waals surface area (Å²) in [4.78, 5) is 54.9. The molecule has 2 saturated heterocycles. The summed E-state index contributed by atoms with van der Waals surface area (Å²) in [6, 6.07) is 8.37. The number of hydrogen-bond donors (Lipinski definition) is 2. The molecule has 0 aliphatic carbocycles. The van der Waals surface area contributed by atoms with E-state index in [1.54, 1.807) is 11.8 Å².